The van der Waals surface area contributed by atoms with E-state index in [1.807, 2.05) is 17.0 Å². The van der Waals surface area contributed by atoms with Gasteiger partial charge in [0.25, 0.3) is 16.1 Å². The molecule has 2 aromatic carbocycles. The summed E-state index contributed by atoms with van der Waals surface area (Å²) in [5.41, 5.74) is 3.34. The Bertz CT molecular complexity index is 1540. The molecule has 0 unspecified atom stereocenters. The van der Waals surface area contributed by atoms with Crippen molar-refractivity contribution in [3.8, 4) is 11.1 Å². The summed E-state index contributed by atoms with van der Waals surface area (Å²) in [5.74, 6) is 0.916. The largest absolute Gasteiger partial charge is 0.464 e. The zero-order valence-electron chi connectivity index (χ0n) is 22.6. The van der Waals surface area contributed by atoms with Crippen LogP contribution in [0.3, 0.4) is 0 Å². The Morgan fingerprint density at radius 2 is 1.57 bits per heavy atom. The molecular weight excluding hydrogens is 544 g/mol. The van der Waals surface area contributed by atoms with E-state index in [0.29, 0.717) is 32.7 Å². The van der Waals surface area contributed by atoms with Crippen molar-refractivity contribution in [3.05, 3.63) is 60.4 Å². The van der Waals surface area contributed by atoms with Crippen LogP contribution in [0.4, 0.5) is 0 Å². The second kappa shape index (κ2) is 10.6. The molecule has 212 valence electrons. The normalized spacial score (nSPS) is 23.4. The molecule has 10 heteroatoms. The average molecular weight is 581 g/mol. The minimum absolute atomic E-state index is 0. The van der Waals surface area contributed by atoms with Gasteiger partial charge in [0.2, 0.25) is 0 Å². The maximum Gasteiger partial charge on any atom is 0.281 e. The molecule has 0 radical (unpaired) electrons. The fourth-order valence-electron chi connectivity index (χ4n) is 6.79. The topological polar surface area (TPSA) is 86.4 Å². The van der Waals surface area contributed by atoms with Crippen molar-refractivity contribution in [1.29, 1.82) is 0 Å². The quantitative estimate of drug-likeness (QED) is 0.420. The van der Waals surface area contributed by atoms with Crippen LogP contribution in [0.15, 0.2) is 64.2 Å². The number of benzene rings is 2. The fraction of sp³-hybridized carbons (Fsp3) is 0.467. The van der Waals surface area contributed by atoms with E-state index < -0.39 is 15.7 Å². The Labute approximate surface area is 242 Å². The summed E-state index contributed by atoms with van der Waals surface area (Å²) < 4.78 is 35.0. The minimum Gasteiger partial charge on any atom is -0.464 e. The zero-order valence-corrected chi connectivity index (χ0v) is 24.4. The van der Waals surface area contributed by atoms with E-state index in [9.17, 15) is 13.2 Å². The molecule has 1 aromatic heterocycles. The van der Waals surface area contributed by atoms with Crippen LogP contribution in [-0.4, -0.2) is 71.9 Å². The van der Waals surface area contributed by atoms with Crippen LogP contribution < -0.4 is 0 Å². The van der Waals surface area contributed by atoms with Gasteiger partial charge in [-0.2, -0.15) is 30.5 Å². The van der Waals surface area contributed by atoms with Gasteiger partial charge >= 0.3 is 0 Å². The van der Waals surface area contributed by atoms with Crippen LogP contribution in [0, 0.1) is 5.92 Å². The number of fused-ring (bicyclic) bond motifs is 1. The highest BCUT2D eigenvalue weighted by Crippen LogP contribution is 2.41. The van der Waals surface area contributed by atoms with Crippen LogP contribution >= 0.6 is 13.5 Å². The monoisotopic (exact) mass is 580 g/mol. The zero-order chi connectivity index (χ0) is 26.6. The highest BCUT2D eigenvalue weighted by atomic mass is 32.2. The first-order chi connectivity index (χ1) is 18.9. The molecule has 4 aliphatic rings. The van der Waals surface area contributed by atoms with Gasteiger partial charge in [-0.15, -0.1) is 0 Å². The maximum atomic E-state index is 13.8. The number of carbonyl (C=O) groups excluding carboxylic acids is 1. The van der Waals surface area contributed by atoms with Crippen molar-refractivity contribution in [2.45, 2.75) is 50.5 Å². The molecule has 3 aromatic rings. The van der Waals surface area contributed by atoms with Crippen LogP contribution in [0.5, 0.6) is 0 Å². The third kappa shape index (κ3) is 4.68. The van der Waals surface area contributed by atoms with E-state index >= 15 is 0 Å². The lowest BCUT2D eigenvalue weighted by atomic mass is 9.97. The van der Waals surface area contributed by atoms with E-state index in [1.165, 1.54) is 0 Å². The van der Waals surface area contributed by atoms with Crippen LogP contribution in [0.2, 0.25) is 0 Å². The van der Waals surface area contributed by atoms with Gasteiger partial charge in [-0.25, -0.2) is 0 Å². The molecule has 8 nitrogen and oxygen atoms in total. The van der Waals surface area contributed by atoms with E-state index in [0.717, 1.165) is 78.4 Å². The number of hydrogen-bond acceptors (Lipinski definition) is 5. The van der Waals surface area contributed by atoms with Gasteiger partial charge in [0.05, 0.1) is 6.26 Å². The van der Waals surface area contributed by atoms with E-state index in [1.54, 1.807) is 14.9 Å². The average Bonchev–Trinajstić information content (AvgIpc) is 3.78. The molecule has 1 amide bonds. The van der Waals surface area contributed by atoms with E-state index in [-0.39, 0.29) is 25.3 Å². The van der Waals surface area contributed by atoms with Gasteiger partial charge in [0.15, 0.2) is 0 Å². The Hall–Kier alpha value is -2.66. The lowest BCUT2D eigenvalue weighted by Crippen LogP contribution is -2.45. The number of aliphatic imine (C=N–C) groups is 1. The molecular formula is C30H36N4O4S2. The van der Waals surface area contributed by atoms with Gasteiger partial charge < -0.3 is 4.42 Å². The van der Waals surface area contributed by atoms with Crippen LogP contribution in [-0.2, 0) is 15.0 Å². The SMILES string of the molecule is O=C1N(C[C@@H]2CCN(S(=O)(=O)N3CCCC3)C2)C(c2ccc(-c3ccc4occc4c3)cc2)=NC12CCCC2.S. The molecule has 0 N–H and O–H groups in total. The second-order valence-electron chi connectivity index (χ2n) is 11.5. The number of furan rings is 1. The number of hydrogen-bond donors (Lipinski definition) is 0. The van der Waals surface area contributed by atoms with Gasteiger partial charge in [-0.3, -0.25) is 14.7 Å². The van der Waals surface area contributed by atoms with Crippen molar-refractivity contribution in [3.63, 3.8) is 0 Å². The Morgan fingerprint density at radius 3 is 2.33 bits per heavy atom. The number of amides is 1. The Kier molecular flexibility index (Phi) is 7.31. The van der Waals surface area contributed by atoms with Crippen molar-refractivity contribution in [2.75, 3.05) is 32.7 Å². The van der Waals surface area contributed by atoms with E-state index in [4.69, 9.17) is 9.41 Å². The summed E-state index contributed by atoms with van der Waals surface area (Å²) in [6, 6.07) is 16.4. The van der Waals surface area contributed by atoms with Crippen LogP contribution in [0.1, 0.15) is 50.5 Å². The summed E-state index contributed by atoms with van der Waals surface area (Å²) in [6.07, 6.45) is 7.91. The van der Waals surface area contributed by atoms with Crippen LogP contribution in [0.25, 0.3) is 22.1 Å². The smallest absolute Gasteiger partial charge is 0.281 e. The first kappa shape index (κ1) is 27.5. The van der Waals surface area contributed by atoms with Gasteiger partial charge in [0.1, 0.15) is 17.0 Å². The summed E-state index contributed by atoms with van der Waals surface area (Å²) in [5, 5.41) is 1.06. The van der Waals surface area contributed by atoms with Crippen molar-refractivity contribution < 1.29 is 17.6 Å². The molecule has 7 rings (SSSR count). The summed E-state index contributed by atoms with van der Waals surface area (Å²) >= 11 is 0. The lowest BCUT2D eigenvalue weighted by Gasteiger charge is -2.26. The predicted octanol–water partition coefficient (Wildman–Crippen LogP) is 4.78. The minimum atomic E-state index is -3.42. The van der Waals surface area contributed by atoms with E-state index in [2.05, 4.69) is 36.4 Å². The number of nitrogens with zero attached hydrogens (tertiary/aromatic N) is 4. The third-order valence-corrected chi connectivity index (χ3v) is 11.0. The Balaban J connectivity index is 0.00000289. The third-order valence-electron chi connectivity index (χ3n) is 8.99. The van der Waals surface area contributed by atoms with Crippen molar-refractivity contribution in [2.24, 2.45) is 10.9 Å². The molecule has 1 atom stereocenters. The summed E-state index contributed by atoms with van der Waals surface area (Å²) in [4.78, 5) is 20.8. The predicted molar refractivity (Wildman–Crippen MR) is 161 cm³/mol. The standard InChI is InChI=1S/C30H34N4O4S.H2S/c35-29-30(13-1-2-14-30)31-28(24-7-5-23(6-8-24)25-9-10-27-26(19-25)12-18-38-27)34(29)21-22-11-17-33(20-22)39(36,37)32-15-3-4-16-32;/h5-10,12,18-19,22H,1-4,11,13-17,20-21H2;1H2/t22-;/m1./s1. The molecule has 1 saturated carbocycles. The fourth-order valence-corrected chi connectivity index (χ4v) is 8.57. The van der Waals surface area contributed by atoms with Gasteiger partial charge in [-0.05, 0) is 67.3 Å². The molecule has 3 aliphatic heterocycles. The summed E-state index contributed by atoms with van der Waals surface area (Å²) in [7, 11) is -3.42. The van der Waals surface area contributed by atoms with Gasteiger partial charge in [0, 0.05) is 43.7 Å². The highest BCUT2D eigenvalue weighted by molar-refractivity contribution is 7.86. The molecule has 1 spiro atoms. The second-order valence-corrected chi connectivity index (χ2v) is 13.4. The first-order valence-electron chi connectivity index (χ1n) is 14.2. The molecule has 40 heavy (non-hydrogen) atoms. The molecule has 1 aliphatic carbocycles. The highest BCUT2D eigenvalue weighted by Gasteiger charge is 2.50. The lowest BCUT2D eigenvalue weighted by molar-refractivity contribution is -0.131. The van der Waals surface area contributed by atoms with Gasteiger partial charge in [-0.1, -0.05) is 43.2 Å². The molecule has 4 heterocycles. The summed E-state index contributed by atoms with van der Waals surface area (Å²) in [6.45, 7) is 2.69. The molecule has 3 fully saturated rings. The number of rotatable bonds is 6. The molecule has 2 saturated heterocycles. The number of carbonyl (C=O) groups is 1. The molecule has 0 bridgehead atoms. The number of amidine groups is 1. The maximum absolute atomic E-state index is 13.8. The first-order valence-corrected chi connectivity index (χ1v) is 15.6. The van der Waals surface area contributed by atoms with Crippen molar-refractivity contribution in [1.82, 2.24) is 13.5 Å². The Morgan fingerprint density at radius 1 is 0.875 bits per heavy atom. The van der Waals surface area contributed by atoms with Crippen molar-refractivity contribution >= 4 is 46.4 Å².